The highest BCUT2D eigenvalue weighted by Gasteiger charge is 2.18. The Balaban J connectivity index is 1.16. The van der Waals surface area contributed by atoms with E-state index in [9.17, 15) is 4.79 Å². The van der Waals surface area contributed by atoms with Crippen molar-refractivity contribution in [3.8, 4) is 56.7 Å². The molecule has 0 radical (unpaired) electrons. The van der Waals surface area contributed by atoms with E-state index in [1.807, 2.05) is 132 Å². The number of fused-ring (bicyclic) bond motifs is 2. The van der Waals surface area contributed by atoms with Gasteiger partial charge in [0.05, 0.1) is 22.4 Å². The lowest BCUT2D eigenvalue weighted by molar-refractivity contribution is 0.932. The summed E-state index contributed by atoms with van der Waals surface area (Å²) in [5.74, 6) is 1.85. The Morgan fingerprint density at radius 3 is 1.44 bits per heavy atom. The van der Waals surface area contributed by atoms with Gasteiger partial charge in [-0.05, 0) is 58.3 Å². The Morgan fingerprint density at radius 1 is 0.340 bits per heavy atom. The fraction of sp³-hybridized carbons (Fsp3) is 0. The predicted octanol–water partition coefficient (Wildman–Crippen LogP) is 9.79. The van der Waals surface area contributed by atoms with Gasteiger partial charge in [-0.15, -0.1) is 0 Å². The van der Waals surface area contributed by atoms with Gasteiger partial charge in [0.25, 0.3) is 0 Å². The van der Waals surface area contributed by atoms with Crippen molar-refractivity contribution in [2.24, 2.45) is 0 Å². The van der Waals surface area contributed by atoms with Gasteiger partial charge in [0.2, 0.25) is 0 Å². The first-order valence-corrected chi connectivity index (χ1v) is 16.5. The summed E-state index contributed by atoms with van der Waals surface area (Å²) in [7, 11) is 0. The minimum Gasteiger partial charge on any atom is -0.260 e. The number of para-hydroxylation sites is 1. The molecular formula is C44H29N5O. The molecule has 0 bridgehead atoms. The Hall–Kier alpha value is -6.92. The van der Waals surface area contributed by atoms with Crippen molar-refractivity contribution < 1.29 is 0 Å². The maximum absolute atomic E-state index is 14.2. The molecular weight excluding hydrogens is 615 g/mol. The van der Waals surface area contributed by atoms with Crippen molar-refractivity contribution in [2.75, 3.05) is 0 Å². The molecule has 0 saturated carbocycles. The molecule has 0 aliphatic carbocycles. The summed E-state index contributed by atoms with van der Waals surface area (Å²) in [6.07, 6.45) is 0. The molecule has 0 N–H and O–H groups in total. The minimum absolute atomic E-state index is 0.118. The smallest absolute Gasteiger partial charge is 0.260 e. The van der Waals surface area contributed by atoms with Crippen LogP contribution in [-0.4, -0.2) is 24.1 Å². The van der Waals surface area contributed by atoms with Gasteiger partial charge in [-0.1, -0.05) is 140 Å². The molecule has 0 aliphatic heterocycles. The zero-order chi connectivity index (χ0) is 33.4. The van der Waals surface area contributed by atoms with Crippen molar-refractivity contribution in [3.63, 3.8) is 0 Å². The molecule has 0 aliphatic rings. The van der Waals surface area contributed by atoms with Crippen LogP contribution < -0.4 is 5.69 Å². The molecule has 0 amide bonds. The second kappa shape index (κ2) is 12.3. The third-order valence-corrected chi connectivity index (χ3v) is 9.02. The molecule has 6 nitrogen and oxygen atoms in total. The van der Waals surface area contributed by atoms with Gasteiger partial charge in [-0.2, -0.15) is 0 Å². The molecule has 0 unspecified atom stereocenters. The van der Waals surface area contributed by atoms with Crippen LogP contribution in [0.5, 0.6) is 0 Å². The van der Waals surface area contributed by atoms with Crippen LogP contribution >= 0.6 is 0 Å². The Morgan fingerprint density at radius 2 is 0.820 bits per heavy atom. The zero-order valence-electron chi connectivity index (χ0n) is 26.9. The number of benzene rings is 7. The average Bonchev–Trinajstić information content (AvgIpc) is 3.49. The number of hydrogen-bond donors (Lipinski definition) is 0. The lowest BCUT2D eigenvalue weighted by Crippen LogP contribution is -2.22. The first-order chi connectivity index (χ1) is 24.7. The second-order valence-corrected chi connectivity index (χ2v) is 12.1. The first-order valence-electron chi connectivity index (χ1n) is 16.5. The van der Waals surface area contributed by atoms with Crippen LogP contribution in [0.25, 0.3) is 78.5 Å². The van der Waals surface area contributed by atoms with Crippen LogP contribution in [0.3, 0.4) is 0 Å². The minimum atomic E-state index is -0.118. The monoisotopic (exact) mass is 643 g/mol. The van der Waals surface area contributed by atoms with Crippen LogP contribution in [0.1, 0.15) is 0 Å². The number of rotatable bonds is 6. The highest BCUT2D eigenvalue weighted by atomic mass is 16.1. The van der Waals surface area contributed by atoms with Gasteiger partial charge in [-0.3, -0.25) is 9.13 Å². The number of aromatic nitrogens is 5. The van der Waals surface area contributed by atoms with Crippen molar-refractivity contribution in [1.82, 2.24) is 24.1 Å². The van der Waals surface area contributed by atoms with E-state index in [4.69, 9.17) is 15.0 Å². The van der Waals surface area contributed by atoms with Gasteiger partial charge in [-0.25, -0.2) is 19.7 Å². The first kappa shape index (κ1) is 29.2. The highest BCUT2D eigenvalue weighted by Crippen LogP contribution is 2.31. The Labute approximate surface area is 288 Å². The zero-order valence-corrected chi connectivity index (χ0v) is 26.9. The summed E-state index contributed by atoms with van der Waals surface area (Å²) in [4.78, 5) is 28.8. The van der Waals surface area contributed by atoms with E-state index in [0.29, 0.717) is 17.5 Å². The van der Waals surface area contributed by atoms with Crippen molar-refractivity contribution in [2.45, 2.75) is 0 Å². The van der Waals surface area contributed by atoms with Gasteiger partial charge >= 0.3 is 5.69 Å². The summed E-state index contributed by atoms with van der Waals surface area (Å²) in [5, 5.41) is 2.20. The number of hydrogen-bond acceptors (Lipinski definition) is 4. The van der Waals surface area contributed by atoms with Crippen LogP contribution in [0.4, 0.5) is 0 Å². The largest absolute Gasteiger partial charge is 0.338 e. The molecule has 0 fully saturated rings. The molecule has 2 heterocycles. The fourth-order valence-electron chi connectivity index (χ4n) is 6.52. The third-order valence-electron chi connectivity index (χ3n) is 9.02. The summed E-state index contributed by atoms with van der Waals surface area (Å²) >= 11 is 0. The van der Waals surface area contributed by atoms with Crippen molar-refractivity contribution in [1.29, 1.82) is 0 Å². The third kappa shape index (κ3) is 5.25. The lowest BCUT2D eigenvalue weighted by Gasteiger charge is -2.10. The maximum Gasteiger partial charge on any atom is 0.338 e. The van der Waals surface area contributed by atoms with Gasteiger partial charge in [0, 0.05) is 16.7 Å². The van der Waals surface area contributed by atoms with Crippen LogP contribution in [0.15, 0.2) is 181 Å². The van der Waals surface area contributed by atoms with Crippen LogP contribution in [-0.2, 0) is 0 Å². The maximum atomic E-state index is 14.2. The summed E-state index contributed by atoms with van der Waals surface area (Å²) < 4.78 is 3.60. The Kier molecular flexibility index (Phi) is 7.17. The molecule has 2 aromatic heterocycles. The molecule has 0 saturated heterocycles. The van der Waals surface area contributed by atoms with Crippen LogP contribution in [0, 0.1) is 0 Å². The fourth-order valence-corrected chi connectivity index (χ4v) is 6.52. The van der Waals surface area contributed by atoms with Crippen LogP contribution in [0.2, 0.25) is 0 Å². The van der Waals surface area contributed by atoms with E-state index in [1.165, 1.54) is 0 Å². The number of imidazole rings is 1. The Bertz CT molecular complexity index is 2640. The quantitative estimate of drug-likeness (QED) is 0.181. The summed E-state index contributed by atoms with van der Waals surface area (Å²) in [5.41, 5.74) is 7.93. The summed E-state index contributed by atoms with van der Waals surface area (Å²) in [6.45, 7) is 0. The molecule has 6 heteroatoms. The van der Waals surface area contributed by atoms with E-state index in [1.54, 1.807) is 4.57 Å². The molecule has 236 valence electrons. The lowest BCUT2D eigenvalue weighted by atomic mass is 10.0. The van der Waals surface area contributed by atoms with Gasteiger partial charge in [0.1, 0.15) is 0 Å². The molecule has 9 rings (SSSR count). The van der Waals surface area contributed by atoms with E-state index < -0.39 is 0 Å². The highest BCUT2D eigenvalue weighted by molar-refractivity contribution is 5.88. The van der Waals surface area contributed by atoms with E-state index >= 15 is 0 Å². The van der Waals surface area contributed by atoms with E-state index in [-0.39, 0.29) is 5.69 Å². The molecule has 0 spiro atoms. The topological polar surface area (TPSA) is 65.6 Å². The van der Waals surface area contributed by atoms with Gasteiger partial charge in [0.15, 0.2) is 17.5 Å². The number of nitrogens with zero attached hydrogens (tertiary/aromatic N) is 5. The van der Waals surface area contributed by atoms with Gasteiger partial charge < -0.3 is 0 Å². The molecule has 7 aromatic carbocycles. The second-order valence-electron chi connectivity index (χ2n) is 12.1. The normalized spacial score (nSPS) is 11.3. The average molecular weight is 644 g/mol. The van der Waals surface area contributed by atoms with E-state index in [0.717, 1.165) is 61.0 Å². The van der Waals surface area contributed by atoms with E-state index in [2.05, 4.69) is 48.5 Å². The van der Waals surface area contributed by atoms with Crippen molar-refractivity contribution >= 4 is 21.8 Å². The van der Waals surface area contributed by atoms with Crippen molar-refractivity contribution in [3.05, 3.63) is 186 Å². The molecule has 9 aromatic rings. The molecule has 0 atom stereocenters. The summed E-state index contributed by atoms with van der Waals surface area (Å²) in [6, 6.07) is 58.6. The molecule has 50 heavy (non-hydrogen) atoms. The predicted molar refractivity (Wildman–Crippen MR) is 202 cm³/mol. The standard InChI is InChI=1S/C44H29N5O/c50-44-48(37-18-8-3-9-19-37)39-27-25-36(29-40(39)49(44)38-26-24-30-12-10-11-17-35(30)28-38)31-20-22-34(23-21-31)43-46-41(32-13-4-1-5-14-32)45-42(47-43)33-15-6-2-7-16-33/h1-29H. The SMILES string of the molecule is O=c1n(-c2ccccc2)c2ccc(-c3ccc(-c4nc(-c5ccccc5)nc(-c5ccccc5)n4)cc3)cc2n1-c1ccc2ccccc2c1.